The summed E-state index contributed by atoms with van der Waals surface area (Å²) in [7, 11) is 1.17. The smallest absolute Gasteiger partial charge is 0.387 e. The number of rotatable bonds is 5. The molecule has 0 amide bonds. The number of carbonyl (C=O) groups excluding carboxylic acids is 1. The van der Waals surface area contributed by atoms with Gasteiger partial charge in [0.25, 0.3) is 0 Å². The third-order valence-electron chi connectivity index (χ3n) is 2.21. The minimum atomic E-state index is -3.01. The highest BCUT2D eigenvalue weighted by Gasteiger charge is 2.17. The molecular formula is C11H12F3NO3. The van der Waals surface area contributed by atoms with Gasteiger partial charge >= 0.3 is 12.6 Å². The molecule has 0 radical (unpaired) electrons. The van der Waals surface area contributed by atoms with Crippen molar-refractivity contribution in [1.82, 2.24) is 0 Å². The van der Waals surface area contributed by atoms with Crippen molar-refractivity contribution in [2.75, 3.05) is 7.11 Å². The zero-order valence-electron chi connectivity index (χ0n) is 9.53. The van der Waals surface area contributed by atoms with Gasteiger partial charge in [0.05, 0.1) is 13.5 Å². The molecule has 0 aliphatic heterocycles. The van der Waals surface area contributed by atoms with Crippen LogP contribution in [-0.2, 0) is 9.53 Å². The van der Waals surface area contributed by atoms with Crippen LogP contribution in [0.25, 0.3) is 0 Å². The second-order valence-corrected chi connectivity index (χ2v) is 3.45. The first-order valence-electron chi connectivity index (χ1n) is 5.00. The van der Waals surface area contributed by atoms with Gasteiger partial charge in [0, 0.05) is 11.6 Å². The van der Waals surface area contributed by atoms with Crippen molar-refractivity contribution in [3.63, 3.8) is 0 Å². The quantitative estimate of drug-likeness (QED) is 0.825. The van der Waals surface area contributed by atoms with Crippen LogP contribution in [0.5, 0.6) is 5.75 Å². The number of alkyl halides is 2. The third kappa shape index (κ3) is 3.92. The van der Waals surface area contributed by atoms with Gasteiger partial charge in [-0.25, -0.2) is 4.39 Å². The van der Waals surface area contributed by atoms with Crippen molar-refractivity contribution < 1.29 is 27.4 Å². The van der Waals surface area contributed by atoms with Gasteiger partial charge in [-0.15, -0.1) is 0 Å². The van der Waals surface area contributed by atoms with Crippen LogP contribution >= 0.6 is 0 Å². The first kappa shape index (κ1) is 14.3. The lowest BCUT2D eigenvalue weighted by molar-refractivity contribution is -0.141. The number of hydrogen-bond donors (Lipinski definition) is 1. The number of esters is 1. The summed E-state index contributed by atoms with van der Waals surface area (Å²) in [5.41, 5.74) is 5.50. The summed E-state index contributed by atoms with van der Waals surface area (Å²) in [5.74, 6) is -1.54. The fourth-order valence-electron chi connectivity index (χ4n) is 1.36. The minimum Gasteiger partial charge on any atom is -0.469 e. The van der Waals surface area contributed by atoms with E-state index in [2.05, 4.69) is 9.47 Å². The third-order valence-corrected chi connectivity index (χ3v) is 2.21. The Morgan fingerprint density at radius 2 is 2.11 bits per heavy atom. The van der Waals surface area contributed by atoms with Crippen molar-refractivity contribution in [2.24, 2.45) is 5.73 Å². The number of methoxy groups -OCH3 is 1. The summed E-state index contributed by atoms with van der Waals surface area (Å²) in [4.78, 5) is 11.0. The van der Waals surface area contributed by atoms with E-state index in [1.54, 1.807) is 0 Å². The van der Waals surface area contributed by atoms with Gasteiger partial charge in [0.2, 0.25) is 0 Å². The molecule has 0 unspecified atom stereocenters. The highest BCUT2D eigenvalue weighted by atomic mass is 19.3. The van der Waals surface area contributed by atoms with Crippen molar-refractivity contribution in [1.29, 1.82) is 0 Å². The second-order valence-electron chi connectivity index (χ2n) is 3.45. The Morgan fingerprint density at radius 1 is 1.44 bits per heavy atom. The van der Waals surface area contributed by atoms with E-state index in [1.165, 1.54) is 7.11 Å². The first-order chi connectivity index (χ1) is 8.43. The van der Waals surface area contributed by atoms with Gasteiger partial charge in [-0.2, -0.15) is 8.78 Å². The maximum atomic E-state index is 13.4. The summed E-state index contributed by atoms with van der Waals surface area (Å²) >= 11 is 0. The van der Waals surface area contributed by atoms with Crippen LogP contribution in [0.15, 0.2) is 18.2 Å². The molecule has 1 rings (SSSR count). The van der Waals surface area contributed by atoms with Gasteiger partial charge < -0.3 is 15.2 Å². The van der Waals surface area contributed by atoms with E-state index in [0.29, 0.717) is 0 Å². The monoisotopic (exact) mass is 263 g/mol. The standard InChI is InChI=1S/C11H12F3NO3/c1-17-10(16)5-9(15)7-4-6(18-11(13)14)2-3-8(7)12/h2-4,9,11H,5,15H2,1H3/t9-/m0/s1. The number of carbonyl (C=O) groups is 1. The van der Waals surface area contributed by atoms with Gasteiger partial charge in [-0.1, -0.05) is 0 Å². The first-order valence-corrected chi connectivity index (χ1v) is 5.00. The van der Waals surface area contributed by atoms with Gasteiger partial charge in [-0.3, -0.25) is 4.79 Å². The molecule has 100 valence electrons. The Labute approximate surface area is 101 Å². The zero-order chi connectivity index (χ0) is 13.7. The van der Waals surface area contributed by atoms with Crippen molar-refractivity contribution in [3.05, 3.63) is 29.6 Å². The molecule has 0 aliphatic rings. The van der Waals surface area contributed by atoms with E-state index < -0.39 is 24.4 Å². The normalized spacial score (nSPS) is 12.3. The minimum absolute atomic E-state index is 0.0847. The maximum Gasteiger partial charge on any atom is 0.387 e. The average Bonchev–Trinajstić information content (AvgIpc) is 2.30. The Morgan fingerprint density at radius 3 is 2.67 bits per heavy atom. The van der Waals surface area contributed by atoms with Crippen molar-refractivity contribution in [3.8, 4) is 5.75 Å². The summed E-state index contributed by atoms with van der Waals surface area (Å²) < 4.78 is 45.9. The molecule has 0 aromatic heterocycles. The molecule has 0 aliphatic carbocycles. The van der Waals surface area contributed by atoms with E-state index in [-0.39, 0.29) is 17.7 Å². The molecule has 2 N–H and O–H groups in total. The molecule has 0 saturated heterocycles. The van der Waals surface area contributed by atoms with Crippen LogP contribution < -0.4 is 10.5 Å². The maximum absolute atomic E-state index is 13.4. The summed E-state index contributed by atoms with van der Waals surface area (Å²) in [6.07, 6.45) is -0.258. The second kappa shape index (κ2) is 6.25. The summed E-state index contributed by atoms with van der Waals surface area (Å²) in [5, 5.41) is 0. The molecule has 0 fully saturated rings. The molecule has 7 heteroatoms. The molecule has 0 saturated carbocycles. The van der Waals surface area contributed by atoms with Gasteiger partial charge in [-0.05, 0) is 18.2 Å². The Kier molecular flexibility index (Phi) is 4.96. The molecule has 18 heavy (non-hydrogen) atoms. The van der Waals surface area contributed by atoms with Gasteiger partial charge in [0.15, 0.2) is 0 Å². The highest BCUT2D eigenvalue weighted by Crippen LogP contribution is 2.24. The van der Waals surface area contributed by atoms with Crippen LogP contribution in [0.2, 0.25) is 0 Å². The molecular weight excluding hydrogens is 251 g/mol. The van der Waals surface area contributed by atoms with Crippen LogP contribution in [0.4, 0.5) is 13.2 Å². The van der Waals surface area contributed by atoms with E-state index in [4.69, 9.17) is 5.73 Å². The molecule has 4 nitrogen and oxygen atoms in total. The summed E-state index contributed by atoms with van der Waals surface area (Å²) in [6.45, 7) is -3.01. The van der Waals surface area contributed by atoms with Crippen LogP contribution in [-0.4, -0.2) is 19.7 Å². The number of ether oxygens (including phenoxy) is 2. The molecule has 1 atom stereocenters. The largest absolute Gasteiger partial charge is 0.469 e. The lowest BCUT2D eigenvalue weighted by Gasteiger charge is -2.13. The molecule has 0 bridgehead atoms. The number of nitrogens with two attached hydrogens (primary N) is 1. The fourth-order valence-corrected chi connectivity index (χ4v) is 1.36. The van der Waals surface area contributed by atoms with E-state index in [0.717, 1.165) is 18.2 Å². The molecule has 0 spiro atoms. The number of benzene rings is 1. The van der Waals surface area contributed by atoms with Crippen molar-refractivity contribution in [2.45, 2.75) is 19.1 Å². The number of hydrogen-bond acceptors (Lipinski definition) is 4. The molecule has 0 heterocycles. The topological polar surface area (TPSA) is 61.5 Å². The van der Waals surface area contributed by atoms with Crippen LogP contribution in [0, 0.1) is 5.82 Å². The Bertz CT molecular complexity index is 426. The lowest BCUT2D eigenvalue weighted by Crippen LogP contribution is -2.18. The fraction of sp³-hybridized carbons (Fsp3) is 0.364. The predicted octanol–water partition coefficient (Wildman–Crippen LogP) is 1.99. The van der Waals surface area contributed by atoms with Crippen LogP contribution in [0.1, 0.15) is 18.0 Å². The highest BCUT2D eigenvalue weighted by molar-refractivity contribution is 5.70. The van der Waals surface area contributed by atoms with E-state index in [1.807, 2.05) is 0 Å². The van der Waals surface area contributed by atoms with E-state index >= 15 is 0 Å². The van der Waals surface area contributed by atoms with Gasteiger partial charge in [0.1, 0.15) is 11.6 Å². The lowest BCUT2D eigenvalue weighted by atomic mass is 10.0. The zero-order valence-corrected chi connectivity index (χ0v) is 9.53. The molecule has 1 aromatic carbocycles. The number of halogens is 3. The van der Waals surface area contributed by atoms with E-state index in [9.17, 15) is 18.0 Å². The SMILES string of the molecule is COC(=O)C[C@H](N)c1cc(OC(F)F)ccc1F. The summed E-state index contributed by atoms with van der Waals surface area (Å²) in [6, 6.07) is 2.05. The van der Waals surface area contributed by atoms with Crippen LogP contribution in [0.3, 0.4) is 0 Å². The predicted molar refractivity (Wildman–Crippen MR) is 56.6 cm³/mol. The molecule has 1 aromatic rings. The Hall–Kier alpha value is -1.76. The Balaban J connectivity index is 2.89. The average molecular weight is 263 g/mol. The van der Waals surface area contributed by atoms with Crippen molar-refractivity contribution >= 4 is 5.97 Å².